The molecule has 2 aromatic carbocycles. The quantitative estimate of drug-likeness (QED) is 0.641. The number of hydrogen-bond acceptors (Lipinski definition) is 5. The van der Waals surface area contributed by atoms with E-state index in [1.165, 1.54) is 12.1 Å². The van der Waals surface area contributed by atoms with E-state index in [1.807, 2.05) is 6.07 Å². The Morgan fingerprint density at radius 2 is 1.79 bits per heavy atom. The molecule has 0 aliphatic heterocycles. The van der Waals surface area contributed by atoms with Crippen molar-refractivity contribution in [1.82, 2.24) is 0 Å². The minimum Gasteiger partial charge on any atom is -0.545 e. The Morgan fingerprint density at radius 1 is 1.12 bits per heavy atom. The molecular weight excluding hydrogens is 312 g/mol. The number of carbonyl (C=O) groups excluding carboxylic acids is 2. The lowest BCUT2D eigenvalue weighted by atomic mass is 10.0. The Balaban J connectivity index is 2.34. The van der Waals surface area contributed by atoms with E-state index in [-0.39, 0.29) is 29.7 Å². The van der Waals surface area contributed by atoms with Gasteiger partial charge >= 0.3 is 0 Å². The van der Waals surface area contributed by atoms with Crippen LogP contribution in [0.2, 0.25) is 0 Å². The lowest BCUT2D eigenvalue weighted by Gasteiger charge is -2.13. The minimum absolute atomic E-state index is 0.0252. The van der Waals surface area contributed by atoms with Gasteiger partial charge in [0.2, 0.25) is 5.91 Å². The van der Waals surface area contributed by atoms with Gasteiger partial charge in [0.25, 0.3) is 5.69 Å². The van der Waals surface area contributed by atoms with Crippen LogP contribution < -0.4 is 10.4 Å². The first-order valence-electron chi connectivity index (χ1n) is 7.29. The van der Waals surface area contributed by atoms with Crippen molar-refractivity contribution < 1.29 is 19.6 Å². The largest absolute Gasteiger partial charge is 0.545 e. The Morgan fingerprint density at radius 3 is 2.33 bits per heavy atom. The average Bonchev–Trinajstić information content (AvgIpc) is 2.54. The number of carbonyl (C=O) groups is 2. The van der Waals surface area contributed by atoms with E-state index in [2.05, 4.69) is 5.32 Å². The fourth-order valence-electron chi connectivity index (χ4n) is 2.47. The number of carboxylic acid groups (broad SMARTS) is 1. The molecule has 0 bridgehead atoms. The smallest absolute Gasteiger partial charge is 0.296 e. The van der Waals surface area contributed by atoms with Crippen molar-refractivity contribution in [3.8, 4) is 0 Å². The maximum Gasteiger partial charge on any atom is 0.296 e. The molecule has 24 heavy (non-hydrogen) atoms. The van der Waals surface area contributed by atoms with Gasteiger partial charge in [-0.05, 0) is 18.1 Å². The number of anilines is 1. The summed E-state index contributed by atoms with van der Waals surface area (Å²) in [5.74, 6) is -1.91. The topological polar surface area (TPSA) is 112 Å². The molecule has 0 aliphatic carbocycles. The number of carboxylic acids is 1. The van der Waals surface area contributed by atoms with Crippen molar-refractivity contribution in [2.75, 3.05) is 5.32 Å². The number of nitro groups is 1. The second-order valence-electron chi connectivity index (χ2n) is 5.10. The zero-order valence-corrected chi connectivity index (χ0v) is 12.9. The highest BCUT2D eigenvalue weighted by Gasteiger charge is 2.23. The molecule has 0 fully saturated rings. The van der Waals surface area contributed by atoms with Gasteiger partial charge in [0, 0.05) is 11.1 Å². The first kappa shape index (κ1) is 17.1. The van der Waals surface area contributed by atoms with Crippen LogP contribution >= 0.6 is 0 Å². The maximum atomic E-state index is 12.1. The van der Waals surface area contributed by atoms with Gasteiger partial charge in [0.1, 0.15) is 5.69 Å². The van der Waals surface area contributed by atoms with Gasteiger partial charge in [-0.1, -0.05) is 43.3 Å². The number of nitrogens with zero attached hydrogens (tertiary/aromatic N) is 1. The summed E-state index contributed by atoms with van der Waals surface area (Å²) in [5.41, 5.74) is 0.103. The van der Waals surface area contributed by atoms with Crippen LogP contribution in [0.4, 0.5) is 11.4 Å². The molecule has 0 heterocycles. The summed E-state index contributed by atoms with van der Waals surface area (Å²) in [7, 11) is 0. The first-order chi connectivity index (χ1) is 11.4. The highest BCUT2D eigenvalue weighted by atomic mass is 16.6. The van der Waals surface area contributed by atoms with E-state index in [4.69, 9.17) is 0 Å². The van der Waals surface area contributed by atoms with Gasteiger partial charge in [-0.25, -0.2) is 0 Å². The fourth-order valence-corrected chi connectivity index (χ4v) is 2.47. The van der Waals surface area contributed by atoms with Crippen LogP contribution in [0, 0.1) is 10.1 Å². The van der Waals surface area contributed by atoms with E-state index in [1.54, 1.807) is 31.2 Å². The van der Waals surface area contributed by atoms with Crippen LogP contribution in [0.25, 0.3) is 0 Å². The Bertz CT molecular complexity index is 787. The van der Waals surface area contributed by atoms with Crippen molar-refractivity contribution in [3.63, 3.8) is 0 Å². The average molecular weight is 327 g/mol. The molecule has 0 aromatic heterocycles. The molecule has 0 atom stereocenters. The van der Waals surface area contributed by atoms with E-state index in [9.17, 15) is 24.8 Å². The van der Waals surface area contributed by atoms with Crippen molar-refractivity contribution in [2.24, 2.45) is 0 Å². The SMILES string of the molecule is CCc1c(C(=O)[O-])ccc(NC(=O)Cc2ccccc2)c1[N+](=O)[O-]. The van der Waals surface area contributed by atoms with Crippen LogP contribution in [0.15, 0.2) is 42.5 Å². The molecule has 0 aliphatic rings. The van der Waals surface area contributed by atoms with E-state index < -0.39 is 22.5 Å². The minimum atomic E-state index is -1.49. The number of rotatable bonds is 6. The summed E-state index contributed by atoms with van der Waals surface area (Å²) in [6.07, 6.45) is 0.184. The molecule has 0 spiro atoms. The number of nitrogens with one attached hydrogen (secondary N) is 1. The highest BCUT2D eigenvalue weighted by Crippen LogP contribution is 2.32. The standard InChI is InChI=1S/C17H16N2O5/c1-2-12-13(17(21)22)8-9-14(16(12)19(23)24)18-15(20)10-11-6-4-3-5-7-11/h3-9H,2,10H2,1H3,(H,18,20)(H,21,22)/p-1. The van der Waals surface area contributed by atoms with Gasteiger partial charge in [-0.2, -0.15) is 0 Å². The molecule has 2 aromatic rings. The van der Waals surface area contributed by atoms with Gasteiger partial charge in [0.05, 0.1) is 17.3 Å². The normalized spacial score (nSPS) is 10.2. The van der Waals surface area contributed by atoms with Gasteiger partial charge in [0.15, 0.2) is 0 Å². The van der Waals surface area contributed by atoms with E-state index in [0.717, 1.165) is 5.56 Å². The molecule has 7 nitrogen and oxygen atoms in total. The molecule has 0 radical (unpaired) electrons. The molecule has 2 rings (SSSR count). The van der Waals surface area contributed by atoms with Gasteiger partial charge < -0.3 is 15.2 Å². The third-order valence-electron chi connectivity index (χ3n) is 3.52. The third kappa shape index (κ3) is 3.75. The highest BCUT2D eigenvalue weighted by molar-refractivity contribution is 5.97. The molecule has 124 valence electrons. The zero-order valence-electron chi connectivity index (χ0n) is 12.9. The van der Waals surface area contributed by atoms with Crippen LogP contribution in [-0.4, -0.2) is 16.8 Å². The summed E-state index contributed by atoms with van der Waals surface area (Å²) in [5, 5.41) is 25.0. The van der Waals surface area contributed by atoms with Crippen molar-refractivity contribution in [3.05, 3.63) is 69.3 Å². The second-order valence-corrected chi connectivity index (χ2v) is 5.10. The lowest BCUT2D eigenvalue weighted by Crippen LogP contribution is -2.24. The molecular formula is C17H15N2O5-. The van der Waals surface area contributed by atoms with Crippen LogP contribution in [0.3, 0.4) is 0 Å². The van der Waals surface area contributed by atoms with Crippen LogP contribution in [-0.2, 0) is 17.6 Å². The molecule has 0 unspecified atom stereocenters. The van der Waals surface area contributed by atoms with E-state index in [0.29, 0.717) is 0 Å². The summed E-state index contributed by atoms with van der Waals surface area (Å²) < 4.78 is 0. The summed E-state index contributed by atoms with van der Waals surface area (Å²) in [6.45, 7) is 1.60. The predicted octanol–water partition coefficient (Wildman–Crippen LogP) is 1.70. The van der Waals surface area contributed by atoms with Crippen LogP contribution in [0.5, 0.6) is 0 Å². The third-order valence-corrected chi connectivity index (χ3v) is 3.52. The number of hydrogen-bond donors (Lipinski definition) is 1. The Kier molecular flexibility index (Phi) is 5.26. The molecule has 1 N–H and O–H groups in total. The number of aromatic carboxylic acids is 1. The zero-order chi connectivity index (χ0) is 17.7. The Hall–Kier alpha value is -3.22. The monoisotopic (exact) mass is 327 g/mol. The molecule has 7 heteroatoms. The summed E-state index contributed by atoms with van der Waals surface area (Å²) in [4.78, 5) is 33.9. The summed E-state index contributed by atoms with van der Waals surface area (Å²) in [6, 6.07) is 11.3. The van der Waals surface area contributed by atoms with Crippen molar-refractivity contribution in [2.45, 2.75) is 19.8 Å². The number of amides is 1. The first-order valence-corrected chi connectivity index (χ1v) is 7.29. The second kappa shape index (κ2) is 7.36. The Labute approximate surface area is 138 Å². The van der Waals surface area contributed by atoms with E-state index >= 15 is 0 Å². The number of benzene rings is 2. The number of nitro benzene ring substituents is 1. The van der Waals surface area contributed by atoms with Crippen molar-refractivity contribution in [1.29, 1.82) is 0 Å². The van der Waals surface area contributed by atoms with Gasteiger partial charge in [-0.15, -0.1) is 0 Å². The summed E-state index contributed by atoms with van der Waals surface area (Å²) >= 11 is 0. The fraction of sp³-hybridized carbons (Fsp3) is 0.176. The van der Waals surface area contributed by atoms with Crippen molar-refractivity contribution >= 4 is 23.3 Å². The predicted molar refractivity (Wildman–Crippen MR) is 85.6 cm³/mol. The van der Waals surface area contributed by atoms with Gasteiger partial charge in [-0.3, -0.25) is 14.9 Å². The maximum absolute atomic E-state index is 12.1. The molecule has 0 saturated carbocycles. The molecule has 0 saturated heterocycles. The van der Waals surface area contributed by atoms with Crippen LogP contribution in [0.1, 0.15) is 28.4 Å². The molecule has 1 amide bonds. The lowest BCUT2D eigenvalue weighted by molar-refractivity contribution is -0.384.